The van der Waals surface area contributed by atoms with Crippen molar-refractivity contribution in [2.24, 2.45) is 0 Å². The highest BCUT2D eigenvalue weighted by Crippen LogP contribution is 2.28. The van der Waals surface area contributed by atoms with Crippen LogP contribution in [0.2, 0.25) is 0 Å². The molecular weight excluding hydrogens is 192 g/mol. The number of ether oxygens (including phenoxy) is 1. The molecule has 0 aromatic heterocycles. The van der Waals surface area contributed by atoms with Crippen LogP contribution in [-0.2, 0) is 4.79 Å². The molecule has 0 saturated carbocycles. The van der Waals surface area contributed by atoms with Gasteiger partial charge in [-0.25, -0.2) is 0 Å². The molecule has 0 aliphatic rings. The fraction of sp³-hybridized carbons (Fsp3) is 0.417. The molecule has 0 saturated heterocycles. The number of benzene rings is 1. The number of carbonyl (C=O) groups is 1. The van der Waals surface area contributed by atoms with Gasteiger partial charge in [0.1, 0.15) is 5.75 Å². The van der Waals surface area contributed by atoms with E-state index in [9.17, 15) is 4.79 Å². The van der Waals surface area contributed by atoms with Crippen LogP contribution in [0.3, 0.4) is 0 Å². The molecule has 0 aliphatic carbocycles. The lowest BCUT2D eigenvalue weighted by Gasteiger charge is -2.14. The van der Waals surface area contributed by atoms with Crippen LogP contribution in [0.15, 0.2) is 24.3 Å². The van der Waals surface area contributed by atoms with E-state index in [0.717, 1.165) is 5.56 Å². The van der Waals surface area contributed by atoms with E-state index in [2.05, 4.69) is 0 Å². The quantitative estimate of drug-likeness (QED) is 0.809. The summed E-state index contributed by atoms with van der Waals surface area (Å²) in [5.41, 5.74) is 0.759. The average Bonchev–Trinajstić information content (AvgIpc) is 2.21. The van der Waals surface area contributed by atoms with Crippen LogP contribution in [0, 0.1) is 0 Å². The molecule has 82 valence electrons. The van der Waals surface area contributed by atoms with Crippen LogP contribution in [0.1, 0.15) is 31.7 Å². The smallest absolute Gasteiger partial charge is 0.311 e. The molecule has 1 unspecified atom stereocenters. The van der Waals surface area contributed by atoms with E-state index in [4.69, 9.17) is 9.84 Å². The molecule has 15 heavy (non-hydrogen) atoms. The lowest BCUT2D eigenvalue weighted by molar-refractivity contribution is -0.138. The Labute approximate surface area is 89.7 Å². The van der Waals surface area contributed by atoms with Crippen LogP contribution in [0.25, 0.3) is 0 Å². The fourth-order valence-electron chi connectivity index (χ4n) is 1.58. The van der Waals surface area contributed by atoms with E-state index in [1.807, 2.05) is 38.1 Å². The van der Waals surface area contributed by atoms with Crippen molar-refractivity contribution < 1.29 is 14.6 Å². The number of carboxylic acid groups (broad SMARTS) is 1. The third-order valence-corrected chi connectivity index (χ3v) is 2.30. The Kier molecular flexibility index (Phi) is 4.16. The first-order chi connectivity index (χ1) is 7.20. The molecule has 0 bridgehead atoms. The summed E-state index contributed by atoms with van der Waals surface area (Å²) in [5.74, 6) is -0.605. The highest BCUT2D eigenvalue weighted by atomic mass is 16.5. The number of para-hydroxylation sites is 1. The number of rotatable bonds is 5. The van der Waals surface area contributed by atoms with Gasteiger partial charge in [0.05, 0.1) is 12.5 Å². The molecule has 1 rings (SSSR count). The molecule has 0 aliphatic heterocycles. The third kappa shape index (κ3) is 2.72. The largest absolute Gasteiger partial charge is 0.494 e. The summed E-state index contributed by atoms with van der Waals surface area (Å²) in [6, 6.07) is 7.31. The minimum atomic E-state index is -0.801. The van der Waals surface area contributed by atoms with Crippen LogP contribution >= 0.6 is 0 Å². The van der Waals surface area contributed by atoms with Crippen molar-refractivity contribution in [1.29, 1.82) is 0 Å². The van der Waals surface area contributed by atoms with Crippen LogP contribution in [0.5, 0.6) is 5.75 Å². The van der Waals surface area contributed by atoms with E-state index < -0.39 is 11.9 Å². The second-order valence-electron chi connectivity index (χ2n) is 3.27. The van der Waals surface area contributed by atoms with Gasteiger partial charge in [-0.1, -0.05) is 25.1 Å². The lowest BCUT2D eigenvalue weighted by atomic mass is 9.96. The summed E-state index contributed by atoms with van der Waals surface area (Å²) in [5, 5.41) is 9.06. The van der Waals surface area contributed by atoms with E-state index in [-0.39, 0.29) is 0 Å². The van der Waals surface area contributed by atoms with Gasteiger partial charge in [0.2, 0.25) is 0 Å². The maximum Gasteiger partial charge on any atom is 0.311 e. The summed E-state index contributed by atoms with van der Waals surface area (Å²) < 4.78 is 5.41. The molecule has 1 aromatic carbocycles. The van der Waals surface area contributed by atoms with Crippen LogP contribution < -0.4 is 4.74 Å². The monoisotopic (exact) mass is 208 g/mol. The number of carboxylic acids is 1. The van der Waals surface area contributed by atoms with Gasteiger partial charge in [0, 0.05) is 5.56 Å². The molecule has 0 radical (unpaired) electrons. The average molecular weight is 208 g/mol. The summed E-state index contributed by atoms with van der Waals surface area (Å²) in [6.45, 7) is 4.30. The number of hydrogen-bond acceptors (Lipinski definition) is 2. The Bertz CT molecular complexity index is 333. The Morgan fingerprint density at radius 1 is 1.40 bits per heavy atom. The van der Waals surface area contributed by atoms with Gasteiger partial charge in [-0.2, -0.15) is 0 Å². The SMILES string of the molecule is CCOc1ccccc1C(CC)C(=O)O. The van der Waals surface area contributed by atoms with Gasteiger partial charge in [-0.3, -0.25) is 4.79 Å². The first-order valence-electron chi connectivity index (χ1n) is 5.15. The zero-order chi connectivity index (χ0) is 11.3. The van der Waals surface area contributed by atoms with E-state index in [1.165, 1.54) is 0 Å². The van der Waals surface area contributed by atoms with Crippen molar-refractivity contribution in [2.75, 3.05) is 6.61 Å². The zero-order valence-electron chi connectivity index (χ0n) is 9.06. The third-order valence-electron chi connectivity index (χ3n) is 2.30. The molecule has 0 spiro atoms. The number of aliphatic carboxylic acids is 1. The Balaban J connectivity index is 3.04. The first-order valence-corrected chi connectivity index (χ1v) is 5.15. The highest BCUT2D eigenvalue weighted by Gasteiger charge is 2.20. The molecule has 1 atom stereocenters. The second-order valence-corrected chi connectivity index (χ2v) is 3.27. The molecule has 0 amide bonds. The van der Waals surface area contributed by atoms with Crippen molar-refractivity contribution >= 4 is 5.97 Å². The maximum atomic E-state index is 11.0. The van der Waals surface area contributed by atoms with Gasteiger partial charge in [-0.15, -0.1) is 0 Å². The van der Waals surface area contributed by atoms with Gasteiger partial charge >= 0.3 is 5.97 Å². The molecule has 3 heteroatoms. The van der Waals surface area contributed by atoms with Gasteiger partial charge in [0.15, 0.2) is 0 Å². The van der Waals surface area contributed by atoms with Crippen LogP contribution in [-0.4, -0.2) is 17.7 Å². The molecule has 1 N–H and O–H groups in total. The molecule has 0 heterocycles. The van der Waals surface area contributed by atoms with Crippen molar-refractivity contribution in [3.8, 4) is 5.75 Å². The number of hydrogen-bond donors (Lipinski definition) is 1. The van der Waals surface area contributed by atoms with Crippen molar-refractivity contribution in [3.63, 3.8) is 0 Å². The van der Waals surface area contributed by atoms with Crippen molar-refractivity contribution in [1.82, 2.24) is 0 Å². The van der Waals surface area contributed by atoms with Gasteiger partial charge in [0.25, 0.3) is 0 Å². The molecule has 1 aromatic rings. The van der Waals surface area contributed by atoms with E-state index >= 15 is 0 Å². The summed E-state index contributed by atoms with van der Waals surface area (Å²) in [4.78, 5) is 11.0. The highest BCUT2D eigenvalue weighted by molar-refractivity contribution is 5.77. The first kappa shape index (κ1) is 11.6. The van der Waals surface area contributed by atoms with Gasteiger partial charge < -0.3 is 9.84 Å². The lowest BCUT2D eigenvalue weighted by Crippen LogP contribution is -2.12. The maximum absolute atomic E-state index is 11.0. The Hall–Kier alpha value is -1.51. The van der Waals surface area contributed by atoms with Crippen molar-refractivity contribution in [2.45, 2.75) is 26.2 Å². The second kappa shape index (κ2) is 5.39. The van der Waals surface area contributed by atoms with Crippen LogP contribution in [0.4, 0.5) is 0 Å². The van der Waals surface area contributed by atoms with Crippen molar-refractivity contribution in [3.05, 3.63) is 29.8 Å². The summed E-state index contributed by atoms with van der Waals surface area (Å²) in [6.07, 6.45) is 0.569. The molecule has 3 nitrogen and oxygen atoms in total. The predicted molar refractivity (Wildman–Crippen MR) is 58.3 cm³/mol. The summed E-state index contributed by atoms with van der Waals surface area (Å²) in [7, 11) is 0. The zero-order valence-corrected chi connectivity index (χ0v) is 9.06. The predicted octanol–water partition coefficient (Wildman–Crippen LogP) is 2.66. The van der Waals surface area contributed by atoms with E-state index in [1.54, 1.807) is 0 Å². The van der Waals surface area contributed by atoms with Gasteiger partial charge in [-0.05, 0) is 19.4 Å². The summed E-state index contributed by atoms with van der Waals surface area (Å²) >= 11 is 0. The normalized spacial score (nSPS) is 12.1. The molecule has 0 fully saturated rings. The standard InChI is InChI=1S/C12H16O3/c1-3-9(12(13)14)10-7-5-6-8-11(10)15-4-2/h5-9H,3-4H2,1-2H3,(H,13,14). The minimum Gasteiger partial charge on any atom is -0.494 e. The Morgan fingerprint density at radius 2 is 2.07 bits per heavy atom. The molecular formula is C12H16O3. The fourth-order valence-corrected chi connectivity index (χ4v) is 1.58. The minimum absolute atomic E-state index is 0.479. The Morgan fingerprint density at radius 3 is 2.60 bits per heavy atom. The topological polar surface area (TPSA) is 46.5 Å². The van der Waals surface area contributed by atoms with E-state index in [0.29, 0.717) is 18.8 Å².